The Morgan fingerprint density at radius 3 is 2.79 bits per heavy atom. The SMILES string of the molecule is C=CCCC[C@H](CO)C(=O)NOCc1ccccc1. The molecular formula is C15H21NO3. The molecule has 19 heavy (non-hydrogen) atoms. The van der Waals surface area contributed by atoms with Crippen LogP contribution in [-0.4, -0.2) is 17.6 Å². The van der Waals surface area contributed by atoms with Gasteiger partial charge in [-0.3, -0.25) is 9.63 Å². The predicted octanol–water partition coefficient (Wildman–Crippen LogP) is 2.20. The third-order valence-corrected chi connectivity index (χ3v) is 2.81. The number of aliphatic hydroxyl groups is 1. The summed E-state index contributed by atoms with van der Waals surface area (Å²) in [4.78, 5) is 16.9. The topological polar surface area (TPSA) is 58.6 Å². The van der Waals surface area contributed by atoms with Gasteiger partial charge in [0.25, 0.3) is 0 Å². The number of rotatable bonds is 9. The minimum absolute atomic E-state index is 0.169. The van der Waals surface area contributed by atoms with Crippen molar-refractivity contribution in [2.24, 2.45) is 5.92 Å². The highest BCUT2D eigenvalue weighted by Gasteiger charge is 2.16. The van der Waals surface area contributed by atoms with Gasteiger partial charge in [-0.15, -0.1) is 6.58 Å². The number of aliphatic hydroxyl groups excluding tert-OH is 1. The van der Waals surface area contributed by atoms with Crippen molar-refractivity contribution in [1.29, 1.82) is 0 Å². The van der Waals surface area contributed by atoms with Crippen molar-refractivity contribution in [3.63, 3.8) is 0 Å². The summed E-state index contributed by atoms with van der Waals surface area (Å²) in [5.41, 5.74) is 3.37. The number of amides is 1. The van der Waals surface area contributed by atoms with E-state index in [0.29, 0.717) is 13.0 Å². The molecule has 0 aliphatic carbocycles. The van der Waals surface area contributed by atoms with Crippen molar-refractivity contribution in [2.75, 3.05) is 6.61 Å². The molecule has 0 saturated heterocycles. The van der Waals surface area contributed by atoms with Gasteiger partial charge in [-0.05, 0) is 24.8 Å². The number of carbonyl (C=O) groups is 1. The first-order valence-electron chi connectivity index (χ1n) is 6.45. The Kier molecular flexibility index (Phi) is 7.54. The van der Waals surface area contributed by atoms with Crippen LogP contribution in [0, 0.1) is 5.92 Å². The van der Waals surface area contributed by atoms with Crippen LogP contribution in [0.25, 0.3) is 0 Å². The second-order valence-corrected chi connectivity index (χ2v) is 4.34. The van der Waals surface area contributed by atoms with E-state index in [1.54, 1.807) is 6.08 Å². The molecule has 0 aromatic heterocycles. The van der Waals surface area contributed by atoms with Crippen molar-refractivity contribution in [1.82, 2.24) is 5.48 Å². The van der Waals surface area contributed by atoms with Crippen LogP contribution in [0.3, 0.4) is 0 Å². The van der Waals surface area contributed by atoms with E-state index >= 15 is 0 Å². The Morgan fingerprint density at radius 1 is 1.42 bits per heavy atom. The molecule has 1 amide bonds. The van der Waals surface area contributed by atoms with Crippen molar-refractivity contribution in [2.45, 2.75) is 25.9 Å². The lowest BCUT2D eigenvalue weighted by atomic mass is 10.0. The molecule has 1 rings (SSSR count). The zero-order valence-corrected chi connectivity index (χ0v) is 11.0. The summed E-state index contributed by atoms with van der Waals surface area (Å²) in [5.74, 6) is -0.696. The van der Waals surface area contributed by atoms with Gasteiger partial charge in [-0.1, -0.05) is 36.4 Å². The van der Waals surface area contributed by atoms with Crippen LogP contribution >= 0.6 is 0 Å². The molecule has 0 unspecified atom stereocenters. The van der Waals surface area contributed by atoms with Crippen LogP contribution in [0.4, 0.5) is 0 Å². The Labute approximate surface area is 114 Å². The molecule has 4 heteroatoms. The fourth-order valence-electron chi connectivity index (χ4n) is 1.66. The van der Waals surface area contributed by atoms with Crippen LogP contribution in [0.1, 0.15) is 24.8 Å². The van der Waals surface area contributed by atoms with Crippen LogP contribution in [0.2, 0.25) is 0 Å². The number of nitrogens with one attached hydrogen (secondary N) is 1. The van der Waals surface area contributed by atoms with E-state index in [9.17, 15) is 4.79 Å². The first-order valence-corrected chi connectivity index (χ1v) is 6.45. The van der Waals surface area contributed by atoms with Crippen molar-refractivity contribution in [3.8, 4) is 0 Å². The molecule has 0 aliphatic rings. The van der Waals surface area contributed by atoms with Gasteiger partial charge in [0.2, 0.25) is 5.91 Å². The molecule has 0 saturated carbocycles. The van der Waals surface area contributed by atoms with Gasteiger partial charge >= 0.3 is 0 Å². The van der Waals surface area contributed by atoms with E-state index in [1.807, 2.05) is 30.3 Å². The average molecular weight is 263 g/mol. The van der Waals surface area contributed by atoms with Gasteiger partial charge in [0, 0.05) is 0 Å². The predicted molar refractivity (Wildman–Crippen MR) is 74.0 cm³/mol. The maximum absolute atomic E-state index is 11.7. The molecule has 0 radical (unpaired) electrons. The first kappa shape index (κ1) is 15.4. The van der Waals surface area contributed by atoms with Crippen LogP contribution < -0.4 is 5.48 Å². The smallest absolute Gasteiger partial charge is 0.248 e. The maximum Gasteiger partial charge on any atom is 0.248 e. The van der Waals surface area contributed by atoms with E-state index in [-0.39, 0.29) is 12.5 Å². The molecule has 1 atom stereocenters. The number of benzene rings is 1. The van der Waals surface area contributed by atoms with Crippen molar-refractivity contribution < 1.29 is 14.7 Å². The molecule has 1 aromatic rings. The summed E-state index contributed by atoms with van der Waals surface area (Å²) in [6.07, 6.45) is 4.11. The lowest BCUT2D eigenvalue weighted by molar-refractivity contribution is -0.140. The quantitative estimate of drug-likeness (QED) is 0.408. The summed E-state index contributed by atoms with van der Waals surface area (Å²) in [5, 5.41) is 9.17. The number of allylic oxidation sites excluding steroid dienone is 1. The summed E-state index contributed by atoms with van der Waals surface area (Å²) in [7, 11) is 0. The van der Waals surface area contributed by atoms with Crippen LogP contribution in [-0.2, 0) is 16.2 Å². The first-order chi connectivity index (χ1) is 9.27. The molecular weight excluding hydrogens is 242 g/mol. The Bertz CT molecular complexity index is 378. The Morgan fingerprint density at radius 2 is 2.16 bits per heavy atom. The average Bonchev–Trinajstić information content (AvgIpc) is 2.44. The van der Waals surface area contributed by atoms with Crippen molar-refractivity contribution in [3.05, 3.63) is 48.6 Å². The number of unbranched alkanes of at least 4 members (excludes halogenated alkanes) is 1. The summed E-state index contributed by atoms with van der Waals surface area (Å²) in [6.45, 7) is 3.77. The van der Waals surface area contributed by atoms with Crippen molar-refractivity contribution >= 4 is 5.91 Å². The minimum atomic E-state index is -0.421. The normalized spacial score (nSPS) is 11.8. The van der Waals surface area contributed by atoms with Gasteiger partial charge < -0.3 is 5.11 Å². The van der Waals surface area contributed by atoms with Gasteiger partial charge in [0.15, 0.2) is 0 Å². The fraction of sp³-hybridized carbons (Fsp3) is 0.400. The van der Waals surface area contributed by atoms with Gasteiger partial charge in [0.1, 0.15) is 0 Å². The van der Waals surface area contributed by atoms with Gasteiger partial charge in [-0.2, -0.15) is 0 Å². The Balaban J connectivity index is 2.26. The highest BCUT2D eigenvalue weighted by Crippen LogP contribution is 2.09. The molecule has 0 bridgehead atoms. The fourth-order valence-corrected chi connectivity index (χ4v) is 1.66. The molecule has 0 heterocycles. The Hall–Kier alpha value is -1.65. The second kappa shape index (κ2) is 9.30. The zero-order valence-electron chi connectivity index (χ0n) is 11.0. The van der Waals surface area contributed by atoms with Gasteiger partial charge in [-0.25, -0.2) is 5.48 Å². The van der Waals surface area contributed by atoms with Crippen LogP contribution in [0.15, 0.2) is 43.0 Å². The summed E-state index contributed by atoms with van der Waals surface area (Å²) >= 11 is 0. The highest BCUT2D eigenvalue weighted by atomic mass is 16.6. The number of hydroxylamine groups is 1. The second-order valence-electron chi connectivity index (χ2n) is 4.34. The van der Waals surface area contributed by atoms with E-state index in [0.717, 1.165) is 18.4 Å². The van der Waals surface area contributed by atoms with E-state index in [4.69, 9.17) is 9.94 Å². The van der Waals surface area contributed by atoms with Crippen LogP contribution in [0.5, 0.6) is 0 Å². The maximum atomic E-state index is 11.7. The molecule has 0 spiro atoms. The summed E-state index contributed by atoms with van der Waals surface area (Å²) < 4.78 is 0. The number of carbonyl (C=O) groups excluding carboxylic acids is 1. The largest absolute Gasteiger partial charge is 0.396 e. The molecule has 0 fully saturated rings. The minimum Gasteiger partial charge on any atom is -0.396 e. The molecule has 1 aromatic carbocycles. The standard InChI is InChI=1S/C15H21NO3/c1-2-3-5-10-14(11-17)15(18)16-19-12-13-8-6-4-7-9-13/h2,4,6-9,14,17H,1,3,5,10-12H2,(H,16,18)/t14-/m1/s1. The lowest BCUT2D eigenvalue weighted by Crippen LogP contribution is -2.32. The zero-order chi connectivity index (χ0) is 13.9. The highest BCUT2D eigenvalue weighted by molar-refractivity contribution is 5.77. The number of hydrogen-bond donors (Lipinski definition) is 2. The van der Waals surface area contributed by atoms with E-state index in [1.165, 1.54) is 0 Å². The third-order valence-electron chi connectivity index (χ3n) is 2.81. The molecule has 0 aliphatic heterocycles. The molecule has 104 valence electrons. The monoisotopic (exact) mass is 263 g/mol. The molecule has 2 N–H and O–H groups in total. The lowest BCUT2D eigenvalue weighted by Gasteiger charge is -2.13. The third kappa shape index (κ3) is 6.18. The molecule has 4 nitrogen and oxygen atoms in total. The van der Waals surface area contributed by atoms with E-state index in [2.05, 4.69) is 12.1 Å². The van der Waals surface area contributed by atoms with Gasteiger partial charge in [0.05, 0.1) is 19.1 Å². The van der Waals surface area contributed by atoms with E-state index < -0.39 is 5.92 Å². The number of hydrogen-bond acceptors (Lipinski definition) is 3. The summed E-state index contributed by atoms with van der Waals surface area (Å²) in [6, 6.07) is 9.57.